The lowest BCUT2D eigenvalue weighted by Crippen LogP contribution is -2.53. The van der Waals surface area contributed by atoms with E-state index in [1.807, 2.05) is 17.0 Å². The minimum Gasteiger partial charge on any atom is -0.342 e. The number of hydrogen-bond donors (Lipinski definition) is 0. The number of aldehydes is 1. The third kappa shape index (κ3) is 4.45. The fourth-order valence-corrected chi connectivity index (χ4v) is 5.38. The average Bonchev–Trinajstić information content (AvgIpc) is 3.44. The van der Waals surface area contributed by atoms with Gasteiger partial charge in [0.1, 0.15) is 0 Å². The zero-order chi connectivity index (χ0) is 24.7. The third-order valence-corrected chi connectivity index (χ3v) is 7.65. The van der Waals surface area contributed by atoms with Crippen molar-refractivity contribution in [2.24, 2.45) is 0 Å². The van der Waals surface area contributed by atoms with Crippen molar-refractivity contribution >= 4 is 35.4 Å². The number of nitrogens with zero attached hydrogens (tertiary/aromatic N) is 4. The molecule has 2 aliphatic rings. The molecule has 4 rings (SSSR count). The molecule has 1 unspecified atom stereocenters. The summed E-state index contributed by atoms with van der Waals surface area (Å²) < 4.78 is 40.9. The van der Waals surface area contributed by atoms with Gasteiger partial charge in [0.05, 0.1) is 16.1 Å². The molecule has 0 aliphatic carbocycles. The van der Waals surface area contributed by atoms with Crippen LogP contribution in [0.4, 0.5) is 13.2 Å². The molecule has 2 fully saturated rings. The highest BCUT2D eigenvalue weighted by atomic mass is 35.5. The fourth-order valence-electron chi connectivity index (χ4n) is 5.02. The summed E-state index contributed by atoms with van der Waals surface area (Å²) in [5.41, 5.74) is -1.08. The Hall–Kier alpha value is -2.10. The van der Waals surface area contributed by atoms with Gasteiger partial charge in [0, 0.05) is 31.2 Å². The number of piperidine rings is 1. The molecule has 2 saturated heterocycles. The van der Waals surface area contributed by atoms with Gasteiger partial charge in [-0.2, -0.15) is 18.3 Å². The Morgan fingerprint density at radius 1 is 1.09 bits per heavy atom. The second-order valence-electron chi connectivity index (χ2n) is 8.86. The molecule has 0 N–H and O–H groups in total. The zero-order valence-electron chi connectivity index (χ0n) is 18.6. The Morgan fingerprint density at radius 3 is 2.18 bits per heavy atom. The van der Waals surface area contributed by atoms with Gasteiger partial charge in [0.15, 0.2) is 18.1 Å². The number of amides is 1. The van der Waals surface area contributed by atoms with E-state index >= 15 is 0 Å². The molecule has 6 nitrogen and oxygen atoms in total. The van der Waals surface area contributed by atoms with Crippen LogP contribution in [-0.4, -0.2) is 58.0 Å². The van der Waals surface area contributed by atoms with E-state index in [0.717, 1.165) is 23.1 Å². The summed E-state index contributed by atoms with van der Waals surface area (Å²) in [5.74, 6) is 0.0484. The highest BCUT2D eigenvalue weighted by Gasteiger charge is 2.47. The van der Waals surface area contributed by atoms with E-state index in [1.165, 1.54) is 6.92 Å². The number of halogens is 5. The maximum absolute atomic E-state index is 13.7. The highest BCUT2D eigenvalue weighted by Crippen LogP contribution is 2.41. The molecule has 34 heavy (non-hydrogen) atoms. The van der Waals surface area contributed by atoms with Gasteiger partial charge in [-0.1, -0.05) is 35.3 Å². The van der Waals surface area contributed by atoms with E-state index in [4.69, 9.17) is 23.2 Å². The number of rotatable bonds is 5. The number of hydrogen-bond acceptors (Lipinski definition) is 4. The molecule has 0 spiro atoms. The Balaban J connectivity index is 1.62. The quantitative estimate of drug-likeness (QED) is 0.532. The molecule has 2 aromatic rings. The molecule has 1 aromatic carbocycles. The lowest BCUT2D eigenvalue weighted by Gasteiger charge is -2.44. The summed E-state index contributed by atoms with van der Waals surface area (Å²) in [4.78, 5) is 29.3. The van der Waals surface area contributed by atoms with Gasteiger partial charge in [-0.15, -0.1) is 0 Å². The smallest absolute Gasteiger partial charge is 0.342 e. The summed E-state index contributed by atoms with van der Waals surface area (Å²) in [5, 5.41) is 3.68. The molecule has 184 valence electrons. The monoisotopic (exact) mass is 516 g/mol. The molecule has 11 heteroatoms. The topological polar surface area (TPSA) is 58.4 Å². The van der Waals surface area contributed by atoms with Crippen molar-refractivity contribution in [3.8, 4) is 0 Å². The van der Waals surface area contributed by atoms with Crippen LogP contribution in [0.25, 0.3) is 0 Å². The van der Waals surface area contributed by atoms with Gasteiger partial charge in [0.25, 0.3) is 0 Å². The standard InChI is InChI=1S/C23H25Cl2F3N4O2/c1-15-19(25)20(23(26,27)28)29-32(15)18(14-33)30-12-8-22(9-13-30,16-4-6-17(24)7-5-16)21(34)31-10-2-3-11-31/h4-7,14,18H,2-3,8-13H2,1H3. The van der Waals surface area contributed by atoms with Crippen molar-refractivity contribution in [1.29, 1.82) is 0 Å². The summed E-state index contributed by atoms with van der Waals surface area (Å²) in [7, 11) is 0. The second kappa shape index (κ2) is 9.51. The Bertz CT molecular complexity index is 1060. The van der Waals surface area contributed by atoms with Gasteiger partial charge in [-0.05, 0) is 50.3 Å². The molecule has 0 radical (unpaired) electrons. The van der Waals surface area contributed by atoms with Gasteiger partial charge in [-0.25, -0.2) is 4.68 Å². The molecular weight excluding hydrogens is 492 g/mol. The molecular formula is C23H25Cl2F3N4O2. The lowest BCUT2D eigenvalue weighted by atomic mass is 9.71. The summed E-state index contributed by atoms with van der Waals surface area (Å²) in [6, 6.07) is 7.22. The fraction of sp³-hybridized carbons (Fsp3) is 0.522. The summed E-state index contributed by atoms with van der Waals surface area (Å²) in [6.45, 7) is 3.47. The molecule has 1 amide bonds. The van der Waals surface area contributed by atoms with Crippen LogP contribution in [0, 0.1) is 6.92 Å². The van der Waals surface area contributed by atoms with Crippen molar-refractivity contribution in [3.05, 3.63) is 51.3 Å². The van der Waals surface area contributed by atoms with Crippen molar-refractivity contribution in [3.63, 3.8) is 0 Å². The van der Waals surface area contributed by atoms with Crippen LogP contribution in [0.1, 0.15) is 48.8 Å². The highest BCUT2D eigenvalue weighted by molar-refractivity contribution is 6.32. The van der Waals surface area contributed by atoms with Crippen LogP contribution in [-0.2, 0) is 21.2 Å². The number of alkyl halides is 3. The lowest BCUT2D eigenvalue weighted by molar-refractivity contribution is -0.142. The predicted octanol–water partition coefficient (Wildman–Crippen LogP) is 4.87. The van der Waals surface area contributed by atoms with Crippen molar-refractivity contribution in [2.75, 3.05) is 26.2 Å². The summed E-state index contributed by atoms with van der Waals surface area (Å²) >= 11 is 12.0. The van der Waals surface area contributed by atoms with E-state index < -0.39 is 28.5 Å². The van der Waals surface area contributed by atoms with Crippen LogP contribution >= 0.6 is 23.2 Å². The minimum absolute atomic E-state index is 0.0484. The second-order valence-corrected chi connectivity index (χ2v) is 9.68. The number of carbonyl (C=O) groups excluding carboxylic acids is 2. The van der Waals surface area contributed by atoms with Crippen molar-refractivity contribution in [2.45, 2.75) is 50.4 Å². The Kier molecular flexibility index (Phi) is 6.99. The first kappa shape index (κ1) is 25.0. The number of carbonyl (C=O) groups is 2. The molecule has 1 atom stereocenters. The average molecular weight is 517 g/mol. The van der Waals surface area contributed by atoms with Gasteiger partial charge >= 0.3 is 6.18 Å². The first-order valence-electron chi connectivity index (χ1n) is 11.1. The molecule has 2 aliphatic heterocycles. The number of benzene rings is 1. The van der Waals surface area contributed by atoms with Gasteiger partial charge in [-0.3, -0.25) is 14.5 Å². The van der Waals surface area contributed by atoms with Crippen LogP contribution in [0.2, 0.25) is 10.0 Å². The molecule has 0 bridgehead atoms. The molecule has 0 saturated carbocycles. The van der Waals surface area contributed by atoms with E-state index in [9.17, 15) is 22.8 Å². The Morgan fingerprint density at radius 2 is 1.68 bits per heavy atom. The van der Waals surface area contributed by atoms with Crippen molar-refractivity contribution in [1.82, 2.24) is 19.6 Å². The number of aromatic nitrogens is 2. The van der Waals surface area contributed by atoms with Gasteiger partial charge < -0.3 is 4.90 Å². The largest absolute Gasteiger partial charge is 0.436 e. The van der Waals surface area contributed by atoms with E-state index in [0.29, 0.717) is 50.3 Å². The molecule has 3 heterocycles. The van der Waals surface area contributed by atoms with E-state index in [1.54, 1.807) is 17.0 Å². The van der Waals surface area contributed by atoms with E-state index in [-0.39, 0.29) is 11.6 Å². The van der Waals surface area contributed by atoms with Crippen LogP contribution < -0.4 is 0 Å². The van der Waals surface area contributed by atoms with Crippen LogP contribution in [0.15, 0.2) is 24.3 Å². The first-order valence-corrected chi connectivity index (χ1v) is 11.9. The first-order chi connectivity index (χ1) is 16.1. The van der Waals surface area contributed by atoms with Crippen molar-refractivity contribution < 1.29 is 22.8 Å². The van der Waals surface area contributed by atoms with Gasteiger partial charge in [0.2, 0.25) is 5.91 Å². The maximum Gasteiger partial charge on any atom is 0.436 e. The maximum atomic E-state index is 13.7. The summed E-state index contributed by atoms with van der Waals surface area (Å²) in [6.07, 6.45) is -2.48. The van der Waals surface area contributed by atoms with Crippen LogP contribution in [0.5, 0.6) is 0 Å². The zero-order valence-corrected chi connectivity index (χ0v) is 20.1. The van der Waals surface area contributed by atoms with E-state index in [2.05, 4.69) is 5.10 Å². The Labute approximate surface area is 205 Å². The molecule has 1 aromatic heterocycles. The normalized spacial score (nSPS) is 19.9. The minimum atomic E-state index is -4.73. The SMILES string of the molecule is Cc1c(Cl)c(C(F)(F)F)nn1C(C=O)N1CCC(C(=O)N2CCCC2)(c2ccc(Cl)cc2)CC1. The predicted molar refractivity (Wildman–Crippen MR) is 122 cm³/mol. The van der Waals surface area contributed by atoms with Crippen LogP contribution in [0.3, 0.4) is 0 Å². The number of likely N-dealkylation sites (tertiary alicyclic amines) is 2. The third-order valence-electron chi connectivity index (χ3n) is 6.94.